The molecule has 0 heteroatoms. The summed E-state index contributed by atoms with van der Waals surface area (Å²) in [6.45, 7) is 0. The Morgan fingerprint density at radius 2 is 1.92 bits per heavy atom. The van der Waals surface area contributed by atoms with Crippen LogP contribution in [0.1, 0.15) is 57.8 Å². The van der Waals surface area contributed by atoms with Crippen LogP contribution < -0.4 is 0 Å². The van der Waals surface area contributed by atoms with Gasteiger partial charge in [0.2, 0.25) is 0 Å². The van der Waals surface area contributed by atoms with Crippen molar-refractivity contribution in [1.82, 2.24) is 0 Å². The molecule has 1 unspecified atom stereocenters. The maximum absolute atomic E-state index is 2.52. The minimum absolute atomic E-state index is 1.03. The fourth-order valence-electron chi connectivity index (χ4n) is 2.69. The highest BCUT2D eigenvalue weighted by Gasteiger charge is 2.15. The van der Waals surface area contributed by atoms with Crippen LogP contribution in [0.4, 0.5) is 0 Å². The first kappa shape index (κ1) is 9.30. The van der Waals surface area contributed by atoms with E-state index in [4.69, 9.17) is 0 Å². The number of hydrogen-bond acceptors (Lipinski definition) is 0. The molecule has 0 saturated heterocycles. The molecule has 1 saturated carbocycles. The fraction of sp³-hybridized carbons (Fsp3) is 0.769. The maximum Gasteiger partial charge on any atom is -0.0289 e. The molecule has 1 radical (unpaired) electrons. The van der Waals surface area contributed by atoms with Crippen LogP contribution in [0.15, 0.2) is 11.6 Å². The third kappa shape index (κ3) is 2.86. The molecule has 2 aliphatic carbocycles. The quantitative estimate of drug-likeness (QED) is 0.485. The number of hydrogen-bond donors (Lipinski definition) is 0. The summed E-state index contributed by atoms with van der Waals surface area (Å²) < 4.78 is 0. The smallest absolute Gasteiger partial charge is 0.0289 e. The van der Waals surface area contributed by atoms with Crippen LogP contribution in [0.3, 0.4) is 0 Å². The zero-order valence-electron chi connectivity index (χ0n) is 8.60. The summed E-state index contributed by atoms with van der Waals surface area (Å²) in [5.74, 6) is 1.03. The summed E-state index contributed by atoms with van der Waals surface area (Å²) in [7, 11) is 0. The molecule has 1 atom stereocenters. The van der Waals surface area contributed by atoms with Crippen LogP contribution in [0, 0.1) is 12.3 Å². The van der Waals surface area contributed by atoms with E-state index in [2.05, 4.69) is 12.5 Å². The van der Waals surface area contributed by atoms with E-state index in [1.165, 1.54) is 57.8 Å². The van der Waals surface area contributed by atoms with Crippen molar-refractivity contribution in [1.29, 1.82) is 0 Å². The Balaban J connectivity index is 2.01. The predicted molar refractivity (Wildman–Crippen MR) is 57.4 cm³/mol. The largest absolute Gasteiger partial charge is 0.0853 e. The summed E-state index contributed by atoms with van der Waals surface area (Å²) in [5.41, 5.74) is 1.74. The lowest BCUT2D eigenvalue weighted by Gasteiger charge is -2.23. The van der Waals surface area contributed by atoms with Gasteiger partial charge in [0.25, 0.3) is 0 Å². The van der Waals surface area contributed by atoms with E-state index in [0.717, 1.165) is 5.92 Å². The average molecular weight is 177 g/mol. The van der Waals surface area contributed by atoms with Gasteiger partial charge in [0.15, 0.2) is 0 Å². The molecule has 2 bridgehead atoms. The van der Waals surface area contributed by atoms with Gasteiger partial charge in [0.05, 0.1) is 0 Å². The van der Waals surface area contributed by atoms with Crippen molar-refractivity contribution < 1.29 is 0 Å². The van der Waals surface area contributed by atoms with Gasteiger partial charge in [0.1, 0.15) is 0 Å². The van der Waals surface area contributed by atoms with Crippen LogP contribution in [-0.2, 0) is 0 Å². The molecular formula is C13H21. The molecule has 0 nitrogen and oxygen atoms in total. The second-order valence-electron chi connectivity index (χ2n) is 4.64. The first-order valence-electron chi connectivity index (χ1n) is 5.95. The molecule has 0 heterocycles. The van der Waals surface area contributed by atoms with Gasteiger partial charge >= 0.3 is 0 Å². The van der Waals surface area contributed by atoms with Crippen LogP contribution in [0.25, 0.3) is 0 Å². The van der Waals surface area contributed by atoms with Crippen LogP contribution in [-0.4, -0.2) is 0 Å². The van der Waals surface area contributed by atoms with E-state index in [1.807, 2.05) is 0 Å². The maximum atomic E-state index is 2.52. The zero-order chi connectivity index (χ0) is 8.93. The normalized spacial score (nSPS) is 34.8. The predicted octanol–water partition coefficient (Wildman–Crippen LogP) is 4.27. The van der Waals surface area contributed by atoms with Gasteiger partial charge in [-0.25, -0.2) is 0 Å². The van der Waals surface area contributed by atoms with E-state index >= 15 is 0 Å². The minimum atomic E-state index is 1.03. The molecule has 0 N–H and O–H groups in total. The fourth-order valence-corrected chi connectivity index (χ4v) is 2.69. The van der Waals surface area contributed by atoms with Crippen LogP contribution in [0.5, 0.6) is 0 Å². The molecule has 2 rings (SSSR count). The molecule has 0 aliphatic heterocycles. The third-order valence-corrected chi connectivity index (χ3v) is 3.48. The number of fused-ring (bicyclic) bond motifs is 2. The van der Waals surface area contributed by atoms with Crippen molar-refractivity contribution in [2.24, 2.45) is 5.92 Å². The molecule has 0 spiro atoms. The first-order chi connectivity index (χ1) is 6.45. The lowest BCUT2D eigenvalue weighted by molar-refractivity contribution is 0.395. The standard InChI is InChI=1S/C13H21/c1-3-7-12-9-5-2-6-10-13(11-12)8-4-1/h3,9,13H,1-2,4-8,10-11H2/b12-9-. The summed E-state index contributed by atoms with van der Waals surface area (Å²) in [4.78, 5) is 0. The Morgan fingerprint density at radius 1 is 1.00 bits per heavy atom. The van der Waals surface area contributed by atoms with Crippen LogP contribution in [0.2, 0.25) is 0 Å². The summed E-state index contributed by atoms with van der Waals surface area (Å²) >= 11 is 0. The van der Waals surface area contributed by atoms with E-state index in [9.17, 15) is 0 Å². The molecule has 73 valence electrons. The number of allylic oxidation sites excluding steroid dienone is 2. The molecule has 0 aromatic heterocycles. The minimum Gasteiger partial charge on any atom is -0.0853 e. The molecular weight excluding hydrogens is 156 g/mol. The Hall–Kier alpha value is -0.260. The molecule has 0 amide bonds. The monoisotopic (exact) mass is 177 g/mol. The Morgan fingerprint density at radius 3 is 2.92 bits per heavy atom. The molecule has 0 aromatic carbocycles. The summed E-state index contributed by atoms with van der Waals surface area (Å²) in [5, 5.41) is 0. The SMILES string of the molecule is [CH]1CCCC2CCCC/C=C(/C1)C2. The average Bonchev–Trinajstić information content (AvgIpc) is 2.00. The Kier molecular flexibility index (Phi) is 3.46. The highest BCUT2D eigenvalue weighted by Crippen LogP contribution is 2.31. The van der Waals surface area contributed by atoms with Crippen molar-refractivity contribution in [2.75, 3.05) is 0 Å². The van der Waals surface area contributed by atoms with E-state index in [-0.39, 0.29) is 0 Å². The Bertz CT molecular complexity index is 178. The second-order valence-corrected chi connectivity index (χ2v) is 4.64. The van der Waals surface area contributed by atoms with Crippen molar-refractivity contribution >= 4 is 0 Å². The van der Waals surface area contributed by atoms with Crippen molar-refractivity contribution in [2.45, 2.75) is 57.8 Å². The summed E-state index contributed by atoms with van der Waals surface area (Å²) in [6, 6.07) is 0. The van der Waals surface area contributed by atoms with Crippen LogP contribution >= 0.6 is 0 Å². The molecule has 1 fully saturated rings. The highest BCUT2D eigenvalue weighted by molar-refractivity contribution is 5.08. The van der Waals surface area contributed by atoms with Gasteiger partial charge < -0.3 is 0 Å². The van der Waals surface area contributed by atoms with Gasteiger partial charge in [0, 0.05) is 0 Å². The first-order valence-corrected chi connectivity index (χ1v) is 5.95. The topological polar surface area (TPSA) is 0 Å². The van der Waals surface area contributed by atoms with Gasteiger partial charge in [-0.3, -0.25) is 0 Å². The lowest BCUT2D eigenvalue weighted by atomic mass is 9.83. The lowest BCUT2D eigenvalue weighted by Crippen LogP contribution is -2.07. The van der Waals surface area contributed by atoms with Gasteiger partial charge in [-0.15, -0.1) is 0 Å². The van der Waals surface area contributed by atoms with Crippen molar-refractivity contribution in [3.8, 4) is 0 Å². The van der Waals surface area contributed by atoms with E-state index in [1.54, 1.807) is 5.57 Å². The number of rotatable bonds is 0. The Labute approximate surface area is 82.4 Å². The van der Waals surface area contributed by atoms with Gasteiger partial charge in [-0.2, -0.15) is 0 Å². The van der Waals surface area contributed by atoms with E-state index in [0.29, 0.717) is 0 Å². The van der Waals surface area contributed by atoms with Crippen molar-refractivity contribution in [3.63, 3.8) is 0 Å². The van der Waals surface area contributed by atoms with Crippen molar-refractivity contribution in [3.05, 3.63) is 18.1 Å². The highest BCUT2D eigenvalue weighted by atomic mass is 14.2. The molecule has 2 aliphatic rings. The molecule has 0 aromatic rings. The summed E-state index contributed by atoms with van der Waals surface area (Å²) in [6.07, 6.45) is 17.7. The molecule has 13 heavy (non-hydrogen) atoms. The second kappa shape index (κ2) is 4.83. The van der Waals surface area contributed by atoms with E-state index < -0.39 is 0 Å². The van der Waals surface area contributed by atoms with Gasteiger partial charge in [-0.05, 0) is 44.4 Å². The zero-order valence-corrected chi connectivity index (χ0v) is 8.60. The van der Waals surface area contributed by atoms with Gasteiger partial charge in [-0.1, -0.05) is 37.3 Å². The third-order valence-electron chi connectivity index (χ3n) is 3.48.